The predicted octanol–water partition coefficient (Wildman–Crippen LogP) is 2.97. The van der Waals surface area contributed by atoms with Gasteiger partial charge in [-0.25, -0.2) is 13.4 Å². The van der Waals surface area contributed by atoms with E-state index in [9.17, 15) is 13.5 Å². The largest absolute Gasteiger partial charge is 0.394 e. The first-order chi connectivity index (χ1) is 15.0. The standard InChI is InChI=1S/C21H20N4O4S2/c26-12-15-11-25(7-8-29-15)31(27,28)16-2-3-18-17(10-16)19(5-6-22-18)24-14-1-4-21-20(9-14)23-13-30-21/h1-6,9-10,13,15,26H,7-8,11-12H2,(H,22,24). The van der Waals surface area contributed by atoms with Crippen LogP contribution in [0, 0.1) is 0 Å². The summed E-state index contributed by atoms with van der Waals surface area (Å²) in [6, 6.07) is 12.7. The average molecular weight is 457 g/mol. The van der Waals surface area contributed by atoms with E-state index in [-0.39, 0.29) is 31.2 Å². The third-order valence-corrected chi connectivity index (χ3v) is 7.94. The molecule has 1 unspecified atom stereocenters. The van der Waals surface area contributed by atoms with Gasteiger partial charge in [-0.2, -0.15) is 4.31 Å². The molecule has 0 bridgehead atoms. The molecule has 3 heterocycles. The van der Waals surface area contributed by atoms with Gasteiger partial charge in [-0.05, 0) is 42.5 Å². The number of morpholine rings is 1. The van der Waals surface area contributed by atoms with Crippen LogP contribution < -0.4 is 5.32 Å². The molecule has 5 rings (SSSR count). The zero-order valence-electron chi connectivity index (χ0n) is 16.4. The van der Waals surface area contributed by atoms with Crippen LogP contribution in [0.2, 0.25) is 0 Å². The van der Waals surface area contributed by atoms with E-state index in [2.05, 4.69) is 15.3 Å². The second-order valence-electron chi connectivity index (χ2n) is 7.24. The fraction of sp³-hybridized carbons (Fsp3) is 0.238. The zero-order chi connectivity index (χ0) is 21.4. The van der Waals surface area contributed by atoms with Crippen LogP contribution >= 0.6 is 11.3 Å². The molecule has 160 valence electrons. The number of aromatic nitrogens is 2. The summed E-state index contributed by atoms with van der Waals surface area (Å²) in [4.78, 5) is 8.91. The van der Waals surface area contributed by atoms with E-state index in [0.717, 1.165) is 21.6 Å². The SMILES string of the molecule is O=S(=O)(c1ccc2nccc(Nc3ccc4scnc4c3)c2c1)N1CCOC(CO)C1. The van der Waals surface area contributed by atoms with Gasteiger partial charge in [0, 0.05) is 36.0 Å². The van der Waals surface area contributed by atoms with Crippen LogP contribution in [-0.2, 0) is 14.8 Å². The number of aliphatic hydroxyl groups excluding tert-OH is 1. The summed E-state index contributed by atoms with van der Waals surface area (Å²) in [6.45, 7) is 0.419. The van der Waals surface area contributed by atoms with Crippen molar-refractivity contribution in [3.05, 3.63) is 54.2 Å². The summed E-state index contributed by atoms with van der Waals surface area (Å²) < 4.78 is 34.3. The minimum atomic E-state index is -3.73. The van der Waals surface area contributed by atoms with Crippen molar-refractivity contribution in [1.82, 2.24) is 14.3 Å². The van der Waals surface area contributed by atoms with E-state index in [4.69, 9.17) is 4.74 Å². The first-order valence-electron chi connectivity index (χ1n) is 9.76. The van der Waals surface area contributed by atoms with Gasteiger partial charge in [-0.15, -0.1) is 11.3 Å². The molecule has 1 aliphatic rings. The van der Waals surface area contributed by atoms with Crippen LogP contribution in [0.4, 0.5) is 11.4 Å². The molecule has 31 heavy (non-hydrogen) atoms. The average Bonchev–Trinajstić information content (AvgIpc) is 3.27. The molecule has 0 saturated carbocycles. The second-order valence-corrected chi connectivity index (χ2v) is 10.1. The minimum Gasteiger partial charge on any atom is -0.394 e. The molecular weight excluding hydrogens is 436 g/mol. The first-order valence-corrected chi connectivity index (χ1v) is 12.1. The summed E-state index contributed by atoms with van der Waals surface area (Å²) in [5.41, 5.74) is 5.02. The van der Waals surface area contributed by atoms with Crippen LogP contribution in [0.3, 0.4) is 0 Å². The van der Waals surface area contributed by atoms with Crippen molar-refractivity contribution >= 4 is 53.9 Å². The van der Waals surface area contributed by atoms with Crippen LogP contribution in [0.15, 0.2) is 59.1 Å². The lowest BCUT2D eigenvalue weighted by molar-refractivity contribution is -0.0304. The summed E-state index contributed by atoms with van der Waals surface area (Å²) in [6.07, 6.45) is 1.18. The number of anilines is 2. The smallest absolute Gasteiger partial charge is 0.243 e. The third kappa shape index (κ3) is 3.88. The Morgan fingerprint density at radius 2 is 2.06 bits per heavy atom. The second kappa shape index (κ2) is 8.13. The number of nitrogens with zero attached hydrogens (tertiary/aromatic N) is 3. The lowest BCUT2D eigenvalue weighted by atomic mass is 10.2. The lowest BCUT2D eigenvalue weighted by Crippen LogP contribution is -2.46. The van der Waals surface area contributed by atoms with Crippen molar-refractivity contribution in [2.75, 3.05) is 31.6 Å². The Balaban J connectivity index is 1.51. The van der Waals surface area contributed by atoms with E-state index in [1.54, 1.807) is 41.2 Å². The van der Waals surface area contributed by atoms with Crippen LogP contribution in [0.25, 0.3) is 21.1 Å². The van der Waals surface area contributed by atoms with Crippen molar-refractivity contribution in [2.45, 2.75) is 11.0 Å². The van der Waals surface area contributed by atoms with Crippen molar-refractivity contribution < 1.29 is 18.3 Å². The first kappa shape index (κ1) is 20.3. The molecule has 2 aromatic heterocycles. The van der Waals surface area contributed by atoms with E-state index in [1.807, 2.05) is 24.3 Å². The number of ether oxygens (including phenoxy) is 1. The van der Waals surface area contributed by atoms with Gasteiger partial charge in [0.2, 0.25) is 10.0 Å². The molecule has 1 atom stereocenters. The molecule has 8 nitrogen and oxygen atoms in total. The molecule has 0 amide bonds. The number of sulfonamides is 1. The van der Waals surface area contributed by atoms with Crippen molar-refractivity contribution in [2.24, 2.45) is 0 Å². The van der Waals surface area contributed by atoms with Gasteiger partial charge in [0.15, 0.2) is 0 Å². The zero-order valence-corrected chi connectivity index (χ0v) is 18.1. The molecule has 2 N–H and O–H groups in total. The highest BCUT2D eigenvalue weighted by atomic mass is 32.2. The molecule has 0 radical (unpaired) electrons. The van der Waals surface area contributed by atoms with Gasteiger partial charge >= 0.3 is 0 Å². The maximum absolute atomic E-state index is 13.2. The summed E-state index contributed by atoms with van der Waals surface area (Å²) in [5, 5.41) is 13.4. The monoisotopic (exact) mass is 456 g/mol. The summed E-state index contributed by atoms with van der Waals surface area (Å²) in [5.74, 6) is 0. The summed E-state index contributed by atoms with van der Waals surface area (Å²) in [7, 11) is -3.73. The Morgan fingerprint density at radius 1 is 1.16 bits per heavy atom. The normalized spacial score (nSPS) is 17.9. The molecule has 2 aromatic carbocycles. The Bertz CT molecular complexity index is 1360. The number of hydrogen-bond donors (Lipinski definition) is 2. The molecule has 1 aliphatic heterocycles. The lowest BCUT2D eigenvalue weighted by Gasteiger charge is -2.31. The number of benzene rings is 2. The number of fused-ring (bicyclic) bond motifs is 2. The van der Waals surface area contributed by atoms with Crippen molar-refractivity contribution in [3.63, 3.8) is 0 Å². The molecule has 1 fully saturated rings. The number of nitrogens with one attached hydrogen (secondary N) is 1. The number of pyridine rings is 1. The fourth-order valence-electron chi connectivity index (χ4n) is 3.66. The molecule has 0 spiro atoms. The number of thiazole rings is 1. The molecule has 10 heteroatoms. The number of aliphatic hydroxyl groups is 1. The fourth-order valence-corrected chi connectivity index (χ4v) is 5.80. The Kier molecular flexibility index (Phi) is 5.32. The highest BCUT2D eigenvalue weighted by molar-refractivity contribution is 7.89. The van der Waals surface area contributed by atoms with Gasteiger partial charge in [-0.1, -0.05) is 0 Å². The highest BCUT2D eigenvalue weighted by Crippen LogP contribution is 2.30. The van der Waals surface area contributed by atoms with E-state index >= 15 is 0 Å². The van der Waals surface area contributed by atoms with E-state index in [0.29, 0.717) is 10.9 Å². The van der Waals surface area contributed by atoms with Crippen LogP contribution in [0.5, 0.6) is 0 Å². The molecule has 1 saturated heterocycles. The van der Waals surface area contributed by atoms with E-state index < -0.39 is 16.1 Å². The van der Waals surface area contributed by atoms with Crippen molar-refractivity contribution in [3.8, 4) is 0 Å². The highest BCUT2D eigenvalue weighted by Gasteiger charge is 2.30. The Hall–Kier alpha value is -2.63. The molecule has 4 aromatic rings. The van der Waals surface area contributed by atoms with Crippen LogP contribution in [-0.4, -0.2) is 60.2 Å². The Labute approximate surface area is 183 Å². The van der Waals surface area contributed by atoms with Gasteiger partial charge < -0.3 is 15.2 Å². The van der Waals surface area contributed by atoms with Crippen molar-refractivity contribution in [1.29, 1.82) is 0 Å². The maximum Gasteiger partial charge on any atom is 0.243 e. The topological polar surface area (TPSA) is 105 Å². The predicted molar refractivity (Wildman–Crippen MR) is 120 cm³/mol. The Morgan fingerprint density at radius 3 is 2.94 bits per heavy atom. The third-order valence-electron chi connectivity index (χ3n) is 5.27. The van der Waals surface area contributed by atoms with Gasteiger partial charge in [0.05, 0.1) is 45.5 Å². The van der Waals surface area contributed by atoms with Crippen LogP contribution in [0.1, 0.15) is 0 Å². The maximum atomic E-state index is 13.2. The quantitative estimate of drug-likeness (QED) is 0.476. The number of rotatable bonds is 5. The van der Waals surface area contributed by atoms with Gasteiger partial charge in [0.1, 0.15) is 0 Å². The summed E-state index contributed by atoms with van der Waals surface area (Å²) >= 11 is 1.58. The van der Waals surface area contributed by atoms with Gasteiger partial charge in [-0.3, -0.25) is 4.98 Å². The molecule has 0 aliphatic carbocycles. The number of hydrogen-bond acceptors (Lipinski definition) is 8. The molecular formula is C21H20N4O4S2. The van der Waals surface area contributed by atoms with Gasteiger partial charge in [0.25, 0.3) is 0 Å². The van der Waals surface area contributed by atoms with E-state index in [1.165, 1.54) is 4.31 Å². The minimum absolute atomic E-state index is 0.128.